The first-order valence-electron chi connectivity index (χ1n) is 8.89. The standard InChI is InChI=1S/C21H23NO4/c1-15(26-20(23)14-25-17-10-3-2-4-11-17)21(24)22-19-13-7-9-16-8-5-6-12-18(16)19/h2-6,8,10-12,15,19H,7,9,13-14H2,1H3,(H,22,24)/t15-,19+/m1/s1. The van der Waals surface area contributed by atoms with E-state index >= 15 is 0 Å². The van der Waals surface area contributed by atoms with Crippen LogP contribution in [0.2, 0.25) is 0 Å². The van der Waals surface area contributed by atoms with Gasteiger partial charge in [-0.1, -0.05) is 42.5 Å². The Balaban J connectivity index is 1.50. The first kappa shape index (κ1) is 18.0. The molecule has 2 aromatic carbocycles. The maximum absolute atomic E-state index is 12.4. The number of ether oxygens (including phenoxy) is 2. The van der Waals surface area contributed by atoms with Gasteiger partial charge in [0.25, 0.3) is 5.91 Å². The van der Waals surface area contributed by atoms with Crippen molar-refractivity contribution in [3.63, 3.8) is 0 Å². The summed E-state index contributed by atoms with van der Waals surface area (Å²) < 4.78 is 10.5. The third-order valence-electron chi connectivity index (χ3n) is 4.46. The lowest BCUT2D eigenvalue weighted by Gasteiger charge is -2.27. The van der Waals surface area contributed by atoms with Crippen molar-refractivity contribution in [2.24, 2.45) is 0 Å². The van der Waals surface area contributed by atoms with Gasteiger partial charge < -0.3 is 14.8 Å². The lowest BCUT2D eigenvalue weighted by molar-refractivity contribution is -0.156. The molecule has 0 radical (unpaired) electrons. The van der Waals surface area contributed by atoms with E-state index in [4.69, 9.17) is 9.47 Å². The van der Waals surface area contributed by atoms with Gasteiger partial charge in [-0.15, -0.1) is 0 Å². The molecule has 0 fully saturated rings. The van der Waals surface area contributed by atoms with Crippen LogP contribution >= 0.6 is 0 Å². The number of hydrogen-bond acceptors (Lipinski definition) is 4. The Morgan fingerprint density at radius 2 is 1.85 bits per heavy atom. The molecule has 0 spiro atoms. The SMILES string of the molecule is C[C@@H](OC(=O)COc1ccccc1)C(=O)N[C@H]1CCCc2ccccc21. The molecule has 0 bridgehead atoms. The number of carbonyl (C=O) groups excluding carboxylic acids is 2. The zero-order valence-electron chi connectivity index (χ0n) is 14.8. The van der Waals surface area contributed by atoms with Crippen molar-refractivity contribution in [3.8, 4) is 5.75 Å². The number of para-hydroxylation sites is 1. The highest BCUT2D eigenvalue weighted by atomic mass is 16.6. The van der Waals surface area contributed by atoms with Crippen LogP contribution in [-0.2, 0) is 20.7 Å². The highest BCUT2D eigenvalue weighted by Crippen LogP contribution is 2.29. The molecule has 0 saturated carbocycles. The van der Waals surface area contributed by atoms with Crippen molar-refractivity contribution in [3.05, 3.63) is 65.7 Å². The Kier molecular flexibility index (Phi) is 5.89. The number of aryl methyl sites for hydroxylation is 1. The largest absolute Gasteiger partial charge is 0.482 e. The van der Waals surface area contributed by atoms with Crippen LogP contribution in [-0.4, -0.2) is 24.6 Å². The quantitative estimate of drug-likeness (QED) is 0.810. The van der Waals surface area contributed by atoms with Gasteiger partial charge in [0.2, 0.25) is 0 Å². The fourth-order valence-electron chi connectivity index (χ4n) is 3.14. The van der Waals surface area contributed by atoms with E-state index in [1.165, 1.54) is 5.56 Å². The van der Waals surface area contributed by atoms with Gasteiger partial charge in [0.1, 0.15) is 5.75 Å². The fourth-order valence-corrected chi connectivity index (χ4v) is 3.14. The minimum absolute atomic E-state index is 0.0332. The summed E-state index contributed by atoms with van der Waals surface area (Å²) in [6.45, 7) is 1.35. The Hall–Kier alpha value is -2.82. The Morgan fingerprint density at radius 1 is 1.12 bits per heavy atom. The van der Waals surface area contributed by atoms with Gasteiger partial charge >= 0.3 is 5.97 Å². The number of hydrogen-bond donors (Lipinski definition) is 1. The van der Waals surface area contributed by atoms with Crippen molar-refractivity contribution >= 4 is 11.9 Å². The summed E-state index contributed by atoms with van der Waals surface area (Å²) in [6.07, 6.45) is 2.09. The van der Waals surface area contributed by atoms with Crippen LogP contribution in [0.5, 0.6) is 5.75 Å². The van der Waals surface area contributed by atoms with Crippen LogP contribution in [0, 0.1) is 0 Å². The van der Waals surface area contributed by atoms with Crippen LogP contribution < -0.4 is 10.1 Å². The molecule has 1 amide bonds. The van der Waals surface area contributed by atoms with Gasteiger partial charge in [0.15, 0.2) is 12.7 Å². The Morgan fingerprint density at radius 3 is 2.65 bits per heavy atom. The summed E-state index contributed by atoms with van der Waals surface area (Å²) >= 11 is 0. The summed E-state index contributed by atoms with van der Waals surface area (Å²) in [5.74, 6) is -0.277. The second kappa shape index (κ2) is 8.52. The number of benzene rings is 2. The molecule has 1 aliphatic rings. The molecule has 26 heavy (non-hydrogen) atoms. The molecule has 1 aliphatic carbocycles. The predicted molar refractivity (Wildman–Crippen MR) is 97.8 cm³/mol. The Labute approximate surface area is 153 Å². The van der Waals surface area contributed by atoms with E-state index in [0.717, 1.165) is 24.8 Å². The van der Waals surface area contributed by atoms with E-state index < -0.39 is 12.1 Å². The van der Waals surface area contributed by atoms with Gasteiger partial charge in [-0.3, -0.25) is 4.79 Å². The van der Waals surface area contributed by atoms with Crippen LogP contribution in [0.3, 0.4) is 0 Å². The second-order valence-electron chi connectivity index (χ2n) is 6.39. The molecular weight excluding hydrogens is 330 g/mol. The second-order valence-corrected chi connectivity index (χ2v) is 6.39. The molecule has 0 aliphatic heterocycles. The van der Waals surface area contributed by atoms with E-state index in [1.807, 2.05) is 36.4 Å². The molecule has 0 heterocycles. The zero-order chi connectivity index (χ0) is 18.4. The van der Waals surface area contributed by atoms with Crippen molar-refractivity contribution in [2.75, 3.05) is 6.61 Å². The molecule has 5 nitrogen and oxygen atoms in total. The van der Waals surface area contributed by atoms with E-state index in [9.17, 15) is 9.59 Å². The third kappa shape index (κ3) is 4.63. The lowest BCUT2D eigenvalue weighted by Crippen LogP contribution is -2.39. The summed E-state index contributed by atoms with van der Waals surface area (Å²) in [7, 11) is 0. The number of amides is 1. The number of rotatable bonds is 6. The van der Waals surface area contributed by atoms with Crippen molar-refractivity contribution in [1.82, 2.24) is 5.32 Å². The summed E-state index contributed by atoms with van der Waals surface area (Å²) in [5.41, 5.74) is 2.42. The van der Waals surface area contributed by atoms with E-state index in [2.05, 4.69) is 11.4 Å². The highest BCUT2D eigenvalue weighted by molar-refractivity contribution is 5.84. The smallest absolute Gasteiger partial charge is 0.344 e. The maximum Gasteiger partial charge on any atom is 0.344 e. The molecule has 0 aromatic heterocycles. The molecule has 5 heteroatoms. The van der Waals surface area contributed by atoms with Gasteiger partial charge in [0, 0.05) is 0 Å². The first-order valence-corrected chi connectivity index (χ1v) is 8.89. The lowest BCUT2D eigenvalue weighted by atomic mass is 9.87. The number of nitrogens with one attached hydrogen (secondary N) is 1. The summed E-state index contributed by atoms with van der Waals surface area (Å²) in [4.78, 5) is 24.3. The maximum atomic E-state index is 12.4. The molecule has 0 unspecified atom stereocenters. The van der Waals surface area contributed by atoms with E-state index in [0.29, 0.717) is 5.75 Å². The monoisotopic (exact) mass is 353 g/mol. The average molecular weight is 353 g/mol. The van der Waals surface area contributed by atoms with Crippen LogP contribution in [0.25, 0.3) is 0 Å². The van der Waals surface area contributed by atoms with Crippen molar-refractivity contribution in [2.45, 2.75) is 38.3 Å². The van der Waals surface area contributed by atoms with Crippen LogP contribution in [0.4, 0.5) is 0 Å². The number of fused-ring (bicyclic) bond motifs is 1. The van der Waals surface area contributed by atoms with Gasteiger partial charge in [-0.05, 0) is 49.4 Å². The topological polar surface area (TPSA) is 64.6 Å². The minimum Gasteiger partial charge on any atom is -0.482 e. The normalized spacial score (nSPS) is 16.9. The molecule has 2 aromatic rings. The van der Waals surface area contributed by atoms with Crippen molar-refractivity contribution < 1.29 is 19.1 Å². The summed E-state index contributed by atoms with van der Waals surface area (Å²) in [5, 5.41) is 3.00. The molecule has 136 valence electrons. The molecular formula is C21H23NO4. The van der Waals surface area contributed by atoms with Gasteiger partial charge in [-0.25, -0.2) is 4.79 Å². The van der Waals surface area contributed by atoms with Gasteiger partial charge in [0.05, 0.1) is 6.04 Å². The molecule has 2 atom stereocenters. The average Bonchev–Trinajstić information content (AvgIpc) is 2.67. The predicted octanol–water partition coefficient (Wildman–Crippen LogP) is 3.19. The van der Waals surface area contributed by atoms with Gasteiger partial charge in [-0.2, -0.15) is 0 Å². The zero-order valence-corrected chi connectivity index (χ0v) is 14.8. The highest BCUT2D eigenvalue weighted by Gasteiger charge is 2.25. The number of carbonyl (C=O) groups is 2. The Bertz CT molecular complexity index is 760. The van der Waals surface area contributed by atoms with E-state index in [-0.39, 0.29) is 18.6 Å². The van der Waals surface area contributed by atoms with Crippen LogP contribution in [0.1, 0.15) is 36.9 Å². The number of esters is 1. The third-order valence-corrected chi connectivity index (χ3v) is 4.46. The summed E-state index contributed by atoms with van der Waals surface area (Å²) in [6, 6.07) is 17.1. The molecule has 0 saturated heterocycles. The minimum atomic E-state index is -0.865. The molecule has 3 rings (SSSR count). The van der Waals surface area contributed by atoms with E-state index in [1.54, 1.807) is 19.1 Å². The van der Waals surface area contributed by atoms with Crippen molar-refractivity contribution in [1.29, 1.82) is 0 Å². The fraction of sp³-hybridized carbons (Fsp3) is 0.333. The van der Waals surface area contributed by atoms with Crippen LogP contribution in [0.15, 0.2) is 54.6 Å². The first-order chi connectivity index (χ1) is 12.6. The molecule has 1 N–H and O–H groups in total.